The van der Waals surface area contributed by atoms with Crippen LogP contribution < -0.4 is 5.32 Å². The maximum Gasteiger partial charge on any atom is 0.236 e. The zero-order valence-corrected chi connectivity index (χ0v) is 16.6. The molecule has 1 aromatic carbocycles. The van der Waals surface area contributed by atoms with Gasteiger partial charge in [-0.05, 0) is 23.8 Å². The molecular formula is C16H11Cl2FN2OS3. The molecule has 3 nitrogen and oxygen atoms in total. The zero-order chi connectivity index (χ0) is 17.8. The van der Waals surface area contributed by atoms with E-state index in [0.717, 1.165) is 11.1 Å². The number of benzene rings is 1. The number of hydrogen-bond acceptors (Lipinski definition) is 5. The lowest BCUT2D eigenvalue weighted by Crippen LogP contribution is -2.13. The van der Waals surface area contributed by atoms with Gasteiger partial charge in [0.15, 0.2) is 5.13 Å². The van der Waals surface area contributed by atoms with Crippen molar-refractivity contribution in [3.05, 3.63) is 55.8 Å². The highest BCUT2D eigenvalue weighted by molar-refractivity contribution is 7.99. The highest BCUT2D eigenvalue weighted by Gasteiger charge is 2.13. The summed E-state index contributed by atoms with van der Waals surface area (Å²) >= 11 is 16.1. The lowest BCUT2D eigenvalue weighted by Gasteiger charge is -2.02. The molecule has 0 fully saturated rings. The number of nitrogens with zero attached hydrogens (tertiary/aromatic N) is 1. The van der Waals surface area contributed by atoms with E-state index in [1.165, 1.54) is 46.6 Å². The van der Waals surface area contributed by atoms with Crippen molar-refractivity contribution in [2.24, 2.45) is 0 Å². The van der Waals surface area contributed by atoms with Gasteiger partial charge in [0, 0.05) is 16.7 Å². The molecule has 0 aliphatic rings. The highest BCUT2D eigenvalue weighted by atomic mass is 35.5. The summed E-state index contributed by atoms with van der Waals surface area (Å²) in [7, 11) is 0. The summed E-state index contributed by atoms with van der Waals surface area (Å²) in [6, 6.07) is 8.00. The van der Waals surface area contributed by atoms with Gasteiger partial charge < -0.3 is 5.32 Å². The van der Waals surface area contributed by atoms with Gasteiger partial charge in [0.25, 0.3) is 0 Å². The van der Waals surface area contributed by atoms with Crippen LogP contribution in [0.3, 0.4) is 0 Å². The molecular weight excluding hydrogens is 422 g/mol. The van der Waals surface area contributed by atoms with Crippen molar-refractivity contribution in [1.82, 2.24) is 4.98 Å². The fourth-order valence-corrected chi connectivity index (χ4v) is 4.96. The molecule has 0 aliphatic heterocycles. The van der Waals surface area contributed by atoms with E-state index in [0.29, 0.717) is 25.3 Å². The fourth-order valence-electron chi connectivity index (χ4n) is 1.97. The van der Waals surface area contributed by atoms with Crippen LogP contribution in [0.5, 0.6) is 0 Å². The quantitative estimate of drug-likeness (QED) is 0.504. The van der Waals surface area contributed by atoms with Gasteiger partial charge in [-0.3, -0.25) is 4.79 Å². The van der Waals surface area contributed by atoms with E-state index in [2.05, 4.69) is 10.3 Å². The summed E-state index contributed by atoms with van der Waals surface area (Å²) in [6.45, 7) is 0. The number of rotatable bonds is 6. The molecule has 9 heteroatoms. The number of thiazole rings is 1. The SMILES string of the molecule is O=C(CSCc1ccc(F)cc1)Nc1nc(-c2cc(Cl)sc2Cl)cs1. The first-order chi connectivity index (χ1) is 12.0. The third kappa shape index (κ3) is 5.18. The summed E-state index contributed by atoms with van der Waals surface area (Å²) in [5.41, 5.74) is 2.42. The van der Waals surface area contributed by atoms with Crippen LogP contribution in [0.25, 0.3) is 11.3 Å². The van der Waals surface area contributed by atoms with Gasteiger partial charge in [0.1, 0.15) is 10.2 Å². The number of aromatic nitrogens is 1. The Morgan fingerprint density at radius 2 is 2.04 bits per heavy atom. The molecule has 0 bridgehead atoms. The minimum Gasteiger partial charge on any atom is -0.301 e. The predicted molar refractivity (Wildman–Crippen MR) is 107 cm³/mol. The Kier molecular flexibility index (Phi) is 6.35. The number of hydrogen-bond donors (Lipinski definition) is 1. The van der Waals surface area contributed by atoms with Crippen LogP contribution in [0, 0.1) is 5.82 Å². The summed E-state index contributed by atoms with van der Waals surface area (Å²) in [6.07, 6.45) is 0. The van der Waals surface area contributed by atoms with Gasteiger partial charge in [-0.15, -0.1) is 34.4 Å². The van der Waals surface area contributed by atoms with Crippen molar-refractivity contribution in [3.8, 4) is 11.3 Å². The van der Waals surface area contributed by atoms with Crippen LogP contribution in [0.15, 0.2) is 35.7 Å². The Balaban J connectivity index is 1.51. The van der Waals surface area contributed by atoms with Crippen molar-refractivity contribution < 1.29 is 9.18 Å². The van der Waals surface area contributed by atoms with Gasteiger partial charge in [-0.25, -0.2) is 9.37 Å². The average molecular weight is 433 g/mol. The third-order valence-electron chi connectivity index (χ3n) is 3.10. The molecule has 0 radical (unpaired) electrons. The normalized spacial score (nSPS) is 10.8. The molecule has 2 aromatic heterocycles. The predicted octanol–water partition coefficient (Wildman–Crippen LogP) is 6.19. The lowest BCUT2D eigenvalue weighted by atomic mass is 10.2. The first-order valence-corrected chi connectivity index (χ1v) is 10.6. The molecule has 3 rings (SSSR count). The van der Waals surface area contributed by atoms with Crippen molar-refractivity contribution in [2.45, 2.75) is 5.75 Å². The van der Waals surface area contributed by atoms with E-state index >= 15 is 0 Å². The standard InChI is InChI=1S/C16H11Cl2FN2OS3/c17-13-5-11(15(18)25-13)12-7-24-16(20-12)21-14(22)8-23-6-9-1-3-10(19)4-2-9/h1-5,7H,6,8H2,(H,20,21,22). The Morgan fingerprint density at radius 1 is 1.28 bits per heavy atom. The van der Waals surface area contributed by atoms with Crippen molar-refractivity contribution in [2.75, 3.05) is 11.1 Å². The third-order valence-corrected chi connectivity index (χ3v) is 6.35. The summed E-state index contributed by atoms with van der Waals surface area (Å²) in [4.78, 5) is 16.4. The zero-order valence-electron chi connectivity index (χ0n) is 12.6. The number of nitrogens with one attached hydrogen (secondary N) is 1. The number of anilines is 1. The minimum absolute atomic E-state index is 0.137. The molecule has 2 heterocycles. The summed E-state index contributed by atoms with van der Waals surface area (Å²) < 4.78 is 14.0. The van der Waals surface area contributed by atoms with Crippen LogP contribution in [0.4, 0.5) is 9.52 Å². The molecule has 0 aliphatic carbocycles. The van der Waals surface area contributed by atoms with Gasteiger partial charge in [-0.2, -0.15) is 0 Å². The maximum absolute atomic E-state index is 12.8. The molecule has 1 N–H and O–H groups in total. The second-order valence-electron chi connectivity index (χ2n) is 4.94. The number of thioether (sulfide) groups is 1. The van der Waals surface area contributed by atoms with E-state index in [4.69, 9.17) is 23.2 Å². The van der Waals surface area contributed by atoms with Crippen LogP contribution in [0.1, 0.15) is 5.56 Å². The molecule has 1 amide bonds. The summed E-state index contributed by atoms with van der Waals surface area (Å²) in [5, 5.41) is 5.11. The van der Waals surface area contributed by atoms with Crippen LogP contribution >= 0.6 is 57.6 Å². The number of carbonyl (C=O) groups excluding carboxylic acids is 1. The smallest absolute Gasteiger partial charge is 0.236 e. The molecule has 0 saturated heterocycles. The number of amides is 1. The van der Waals surface area contributed by atoms with E-state index in [1.807, 2.05) is 5.38 Å². The number of carbonyl (C=O) groups is 1. The first-order valence-electron chi connectivity index (χ1n) is 7.04. The topological polar surface area (TPSA) is 42.0 Å². The Morgan fingerprint density at radius 3 is 2.72 bits per heavy atom. The van der Waals surface area contributed by atoms with Crippen molar-refractivity contribution in [3.63, 3.8) is 0 Å². The van der Waals surface area contributed by atoms with Gasteiger partial charge in [0.05, 0.1) is 15.8 Å². The molecule has 0 atom stereocenters. The lowest BCUT2D eigenvalue weighted by molar-refractivity contribution is -0.113. The molecule has 3 aromatic rings. The Labute approximate surface area is 166 Å². The largest absolute Gasteiger partial charge is 0.301 e. The van der Waals surface area contributed by atoms with Crippen molar-refractivity contribution in [1.29, 1.82) is 0 Å². The van der Waals surface area contributed by atoms with Gasteiger partial charge in [0.2, 0.25) is 5.91 Å². The molecule has 0 spiro atoms. The van der Waals surface area contributed by atoms with Gasteiger partial charge in [-0.1, -0.05) is 35.3 Å². The van der Waals surface area contributed by atoms with Crippen LogP contribution in [-0.4, -0.2) is 16.6 Å². The average Bonchev–Trinajstić information content (AvgIpc) is 3.15. The maximum atomic E-state index is 12.8. The first kappa shape index (κ1) is 18.7. The number of halogens is 3. The van der Waals surface area contributed by atoms with E-state index in [1.54, 1.807) is 18.2 Å². The minimum atomic E-state index is -0.266. The molecule has 25 heavy (non-hydrogen) atoms. The highest BCUT2D eigenvalue weighted by Crippen LogP contribution is 2.38. The second kappa shape index (κ2) is 8.51. The van der Waals surface area contributed by atoms with Crippen molar-refractivity contribution >= 4 is 68.7 Å². The Hall–Kier alpha value is -1.12. The molecule has 0 unspecified atom stereocenters. The molecule has 0 saturated carbocycles. The molecule has 130 valence electrons. The van der Waals surface area contributed by atoms with Crippen LogP contribution in [0.2, 0.25) is 8.67 Å². The van der Waals surface area contributed by atoms with Crippen LogP contribution in [-0.2, 0) is 10.5 Å². The number of thiophene rings is 1. The fraction of sp³-hybridized carbons (Fsp3) is 0.125. The van der Waals surface area contributed by atoms with E-state index in [9.17, 15) is 9.18 Å². The Bertz CT molecular complexity index is 880. The summed E-state index contributed by atoms with van der Waals surface area (Å²) in [5.74, 6) is 0.525. The second-order valence-corrected chi connectivity index (χ2v) is 9.07. The monoisotopic (exact) mass is 432 g/mol. The van der Waals surface area contributed by atoms with E-state index < -0.39 is 0 Å². The van der Waals surface area contributed by atoms with E-state index in [-0.39, 0.29) is 17.5 Å². The van der Waals surface area contributed by atoms with Gasteiger partial charge >= 0.3 is 0 Å².